The molecule has 0 aliphatic carbocycles. The van der Waals surface area contributed by atoms with E-state index in [2.05, 4.69) is 27.4 Å². The topological polar surface area (TPSA) is 131 Å². The first-order chi connectivity index (χ1) is 20.0. The smallest absolute Gasteiger partial charge is 0.678 e. The first kappa shape index (κ1) is 32.0. The Bertz CT molecular complexity index is 1800. The number of aliphatic carboxylic acids is 2. The molecule has 0 saturated carbocycles. The predicted octanol–water partition coefficient (Wildman–Crippen LogP) is 4.20. The van der Waals surface area contributed by atoms with Crippen LogP contribution >= 0.6 is 0 Å². The number of fused-ring (bicyclic) bond motifs is 8. The molecule has 1 atom stereocenters. The average Bonchev–Trinajstić information content (AvgIpc) is 3.59. The molecule has 0 fully saturated rings. The number of aromatic nitrogens is 3. The Kier molecular flexibility index (Phi) is 9.47. The maximum Gasteiger partial charge on any atom is 4.00 e. The summed E-state index contributed by atoms with van der Waals surface area (Å²) in [4.78, 5) is 38.0. The average molecular weight is 621 g/mol. The van der Waals surface area contributed by atoms with E-state index in [9.17, 15) is 19.8 Å². The van der Waals surface area contributed by atoms with E-state index in [1.807, 2.05) is 38.2 Å². The predicted molar refractivity (Wildman–Crippen MR) is 164 cm³/mol. The number of hydrogen-bond acceptors (Lipinski definition) is 2. The summed E-state index contributed by atoms with van der Waals surface area (Å²) in [5.41, 5.74) is 12.0. The van der Waals surface area contributed by atoms with Crippen LogP contribution < -0.4 is 25.7 Å². The van der Waals surface area contributed by atoms with Gasteiger partial charge in [-0.05, 0) is 52.5 Å². The van der Waals surface area contributed by atoms with Crippen molar-refractivity contribution < 1.29 is 36.9 Å². The van der Waals surface area contributed by atoms with Crippen LogP contribution in [0.25, 0.3) is 29.6 Å². The Morgan fingerprint density at radius 1 is 0.860 bits per heavy atom. The van der Waals surface area contributed by atoms with E-state index in [4.69, 9.17) is 20.3 Å². The van der Waals surface area contributed by atoms with Gasteiger partial charge in [0.05, 0.1) is 0 Å². The van der Waals surface area contributed by atoms with E-state index in [0.717, 1.165) is 68.2 Å². The number of carboxylic acid groups (broad SMARTS) is 2. The molecule has 8 bridgehead atoms. The van der Waals surface area contributed by atoms with Gasteiger partial charge in [-0.25, -0.2) is 0 Å². The molecule has 0 spiro atoms. The summed E-state index contributed by atoms with van der Waals surface area (Å²) in [6.07, 6.45) is 9.77. The fourth-order valence-corrected chi connectivity index (χ4v) is 6.22. The van der Waals surface area contributed by atoms with E-state index in [1.165, 1.54) is 5.57 Å². The molecule has 0 radical (unpaired) electrons. The van der Waals surface area contributed by atoms with Crippen LogP contribution in [0.3, 0.4) is 0 Å². The molecule has 2 N–H and O–H groups in total. The third-order valence-corrected chi connectivity index (χ3v) is 8.67. The molecule has 2 aliphatic heterocycles. The van der Waals surface area contributed by atoms with Crippen molar-refractivity contribution in [3.63, 3.8) is 0 Å². The number of allylic oxidation sites excluding steroid dienone is 1. The summed E-state index contributed by atoms with van der Waals surface area (Å²) in [6, 6.07) is -0.0333. The van der Waals surface area contributed by atoms with Gasteiger partial charge in [0.25, 0.3) is 0 Å². The molecule has 8 nitrogen and oxygen atoms in total. The van der Waals surface area contributed by atoms with E-state index >= 15 is 0 Å². The largest absolute Gasteiger partial charge is 4.00 e. The van der Waals surface area contributed by atoms with Crippen LogP contribution in [0.5, 0.6) is 0 Å². The van der Waals surface area contributed by atoms with Crippen LogP contribution in [-0.2, 0) is 45.9 Å². The summed E-state index contributed by atoms with van der Waals surface area (Å²) >= 11 is 0. The Morgan fingerprint density at radius 3 is 2.14 bits per heavy atom. The molecule has 2 aliphatic rings. The third kappa shape index (κ3) is 6.10. The molecule has 5 rings (SSSR count). The maximum atomic E-state index is 11.5. The van der Waals surface area contributed by atoms with Gasteiger partial charge in [-0.1, -0.05) is 89.2 Å². The third-order valence-electron chi connectivity index (χ3n) is 8.67. The number of carboxylic acids is 2. The van der Waals surface area contributed by atoms with Crippen molar-refractivity contribution in [3.05, 3.63) is 95.6 Å². The molecule has 3 aromatic heterocycles. The van der Waals surface area contributed by atoms with Crippen molar-refractivity contribution in [1.82, 2.24) is 15.0 Å². The molecule has 0 amide bonds. The SMILES string of the molecule is C=Cc1c2[n-]c(c1C)CC1[N-]/C(=C\c3[n-]c(c(CCC(=O)O)c3C)/C=c3\[n-]/c(c(C)c3CCC(=O)O)=C\2)C(C)=C1CC.[Fe+4]. The fraction of sp³-hybridized carbons (Fsp3) is 0.353. The number of hydrogen-bond donors (Lipinski definition) is 2. The molecular weight excluding hydrogens is 584 g/mol. The quantitative estimate of drug-likeness (QED) is 0.361. The summed E-state index contributed by atoms with van der Waals surface area (Å²) in [7, 11) is 0. The summed E-state index contributed by atoms with van der Waals surface area (Å²) in [5.74, 6) is -1.76. The zero-order chi connectivity index (χ0) is 30.3. The van der Waals surface area contributed by atoms with Crippen LogP contribution in [0.4, 0.5) is 0 Å². The molecular formula is C34H36FeN4O4. The van der Waals surface area contributed by atoms with Gasteiger partial charge in [0.2, 0.25) is 0 Å². The van der Waals surface area contributed by atoms with Gasteiger partial charge in [0.1, 0.15) is 0 Å². The van der Waals surface area contributed by atoms with Crippen LogP contribution in [0.15, 0.2) is 23.4 Å². The zero-order valence-electron chi connectivity index (χ0n) is 25.2. The summed E-state index contributed by atoms with van der Waals surface area (Å²) < 4.78 is 0. The van der Waals surface area contributed by atoms with Gasteiger partial charge in [-0.3, -0.25) is 9.59 Å². The van der Waals surface area contributed by atoms with Crippen molar-refractivity contribution >= 4 is 36.2 Å². The van der Waals surface area contributed by atoms with Gasteiger partial charge < -0.3 is 30.5 Å². The van der Waals surface area contributed by atoms with Crippen LogP contribution in [0, 0.1) is 20.8 Å². The van der Waals surface area contributed by atoms with Crippen LogP contribution in [-0.4, -0.2) is 28.2 Å². The van der Waals surface area contributed by atoms with Gasteiger partial charge in [0, 0.05) is 12.8 Å². The molecule has 9 heteroatoms. The van der Waals surface area contributed by atoms with Gasteiger partial charge in [-0.2, -0.15) is 5.69 Å². The first-order valence-corrected chi connectivity index (χ1v) is 14.4. The Labute approximate surface area is 262 Å². The maximum absolute atomic E-state index is 11.5. The van der Waals surface area contributed by atoms with Crippen molar-refractivity contribution in [1.29, 1.82) is 0 Å². The minimum atomic E-state index is -0.885. The molecule has 5 heterocycles. The zero-order valence-corrected chi connectivity index (χ0v) is 26.3. The normalized spacial score (nSPS) is 18.4. The van der Waals surface area contributed by atoms with E-state index in [-0.39, 0.29) is 36.0 Å². The second-order valence-corrected chi connectivity index (χ2v) is 11.1. The minimum absolute atomic E-state index is 0. The molecule has 3 aromatic rings. The summed E-state index contributed by atoms with van der Waals surface area (Å²) in [5, 5.41) is 25.4. The van der Waals surface area contributed by atoms with Gasteiger partial charge >= 0.3 is 29.0 Å². The van der Waals surface area contributed by atoms with Crippen molar-refractivity contribution in [2.45, 2.75) is 79.2 Å². The van der Waals surface area contributed by atoms with E-state index in [1.54, 1.807) is 0 Å². The van der Waals surface area contributed by atoms with Gasteiger partial charge in [0.15, 0.2) is 0 Å². The number of carbonyl (C=O) groups is 2. The second-order valence-electron chi connectivity index (χ2n) is 11.1. The number of nitrogens with zero attached hydrogens (tertiary/aromatic N) is 4. The molecule has 0 saturated heterocycles. The summed E-state index contributed by atoms with van der Waals surface area (Å²) in [6.45, 7) is 14.3. The van der Waals surface area contributed by atoms with E-state index < -0.39 is 11.9 Å². The minimum Gasteiger partial charge on any atom is -0.678 e. The Hall–Kier alpha value is -3.94. The fourth-order valence-electron chi connectivity index (χ4n) is 6.22. The Balaban J connectivity index is 0.00000423. The van der Waals surface area contributed by atoms with Crippen molar-refractivity contribution in [2.24, 2.45) is 0 Å². The van der Waals surface area contributed by atoms with Crippen molar-refractivity contribution in [2.75, 3.05) is 0 Å². The Morgan fingerprint density at radius 2 is 1.51 bits per heavy atom. The van der Waals surface area contributed by atoms with Crippen LogP contribution in [0.1, 0.15) is 89.3 Å². The van der Waals surface area contributed by atoms with Crippen LogP contribution in [0.2, 0.25) is 0 Å². The van der Waals surface area contributed by atoms with E-state index in [0.29, 0.717) is 35.7 Å². The van der Waals surface area contributed by atoms with Gasteiger partial charge in [-0.15, -0.1) is 33.5 Å². The standard InChI is InChI=1S/C34H36N4O4.Fe/c1-7-21-17(3)25-13-26-19(5)23(9-11-33(39)40)31(37-26)16-32-24(10-12-34(41)42)20(6)28(38-32)15-30-22(8-2)18(4)27(36-30)14-29(21)35-25;/h8,13,15-16,29H,2,7,9-12,14H2,1,3-6H3,(H,39,40)(H,41,42);/q-4;+4/b25-13-,28-15-,32-16-;. The molecule has 224 valence electrons. The monoisotopic (exact) mass is 620 g/mol. The second kappa shape index (κ2) is 12.7. The number of rotatable bonds is 8. The molecule has 1 unspecified atom stereocenters. The molecule has 43 heavy (non-hydrogen) atoms. The first-order valence-electron chi connectivity index (χ1n) is 14.4. The molecule has 0 aromatic carbocycles. The van der Waals surface area contributed by atoms with Crippen molar-refractivity contribution in [3.8, 4) is 0 Å².